The van der Waals surface area contributed by atoms with Crippen LogP contribution in [0.5, 0.6) is 0 Å². The van der Waals surface area contributed by atoms with E-state index >= 15 is 0 Å². The van der Waals surface area contributed by atoms with Gasteiger partial charge in [0.25, 0.3) is 5.91 Å². The molecule has 32 heavy (non-hydrogen) atoms. The lowest BCUT2D eigenvalue weighted by Crippen LogP contribution is -2.15. The topological polar surface area (TPSA) is 81.4 Å². The second-order valence-electron chi connectivity index (χ2n) is 9.06. The third kappa shape index (κ3) is 5.46. The van der Waals surface area contributed by atoms with E-state index in [0.717, 1.165) is 16.9 Å². The van der Waals surface area contributed by atoms with Gasteiger partial charge in [-0.3, -0.25) is 4.79 Å². The van der Waals surface area contributed by atoms with Crippen LogP contribution in [-0.2, 0) is 4.74 Å². The Labute approximate surface area is 193 Å². The summed E-state index contributed by atoms with van der Waals surface area (Å²) in [5.74, 6) is -0.170. The van der Waals surface area contributed by atoms with Gasteiger partial charge in [0.2, 0.25) is 0 Å². The first kappa shape index (κ1) is 23.7. The molecule has 0 fully saturated rings. The number of nitrogens with one attached hydrogen (secondary N) is 1. The SMILES string of the molecule is CCOC(=O)c1cc([C@@H](C)CC(C)(C)C)sc1NC(=O)c1c(-c2ccccc2)noc1C. The molecule has 0 saturated heterocycles. The Morgan fingerprint density at radius 2 is 1.91 bits per heavy atom. The first-order valence-corrected chi connectivity index (χ1v) is 11.6. The van der Waals surface area contributed by atoms with Gasteiger partial charge in [-0.2, -0.15) is 0 Å². The monoisotopic (exact) mass is 454 g/mol. The van der Waals surface area contributed by atoms with Gasteiger partial charge in [-0.05, 0) is 37.7 Å². The van der Waals surface area contributed by atoms with E-state index in [1.54, 1.807) is 13.8 Å². The van der Waals surface area contributed by atoms with Gasteiger partial charge in [0.15, 0.2) is 0 Å². The van der Waals surface area contributed by atoms with Crippen LogP contribution in [-0.4, -0.2) is 23.6 Å². The number of thiophene rings is 1. The Balaban J connectivity index is 1.95. The number of nitrogens with zero attached hydrogens (tertiary/aromatic N) is 1. The summed E-state index contributed by atoms with van der Waals surface area (Å²) in [4.78, 5) is 26.9. The van der Waals surface area contributed by atoms with Crippen molar-refractivity contribution in [1.82, 2.24) is 5.16 Å². The highest BCUT2D eigenvalue weighted by molar-refractivity contribution is 7.16. The number of aryl methyl sites for hydroxylation is 1. The Morgan fingerprint density at radius 3 is 2.53 bits per heavy atom. The molecule has 0 aliphatic carbocycles. The summed E-state index contributed by atoms with van der Waals surface area (Å²) in [6.07, 6.45) is 0.950. The summed E-state index contributed by atoms with van der Waals surface area (Å²) in [5.41, 5.74) is 2.11. The molecule has 0 saturated carbocycles. The highest BCUT2D eigenvalue weighted by Crippen LogP contribution is 2.39. The molecule has 2 heterocycles. The molecule has 0 unspecified atom stereocenters. The predicted octanol–water partition coefficient (Wildman–Crippen LogP) is 6.68. The molecular formula is C25H30N2O4S. The molecule has 3 rings (SSSR count). The van der Waals surface area contributed by atoms with E-state index in [9.17, 15) is 9.59 Å². The molecule has 0 bridgehead atoms. The third-order valence-electron chi connectivity index (χ3n) is 5.01. The summed E-state index contributed by atoms with van der Waals surface area (Å²) in [6.45, 7) is 12.4. The second-order valence-corrected chi connectivity index (χ2v) is 10.1. The lowest BCUT2D eigenvalue weighted by molar-refractivity contribution is 0.0528. The van der Waals surface area contributed by atoms with Gasteiger partial charge < -0.3 is 14.6 Å². The average Bonchev–Trinajstić information content (AvgIpc) is 3.31. The zero-order chi connectivity index (χ0) is 23.5. The minimum Gasteiger partial charge on any atom is -0.462 e. The van der Waals surface area contributed by atoms with Crippen LogP contribution >= 0.6 is 11.3 Å². The molecule has 0 spiro atoms. The van der Waals surface area contributed by atoms with Crippen LogP contribution in [0, 0.1) is 12.3 Å². The van der Waals surface area contributed by atoms with E-state index in [0.29, 0.717) is 27.6 Å². The van der Waals surface area contributed by atoms with Crippen LogP contribution in [0.25, 0.3) is 11.3 Å². The Morgan fingerprint density at radius 1 is 1.22 bits per heavy atom. The summed E-state index contributed by atoms with van der Waals surface area (Å²) in [7, 11) is 0. The zero-order valence-corrected chi connectivity index (χ0v) is 20.3. The molecule has 1 aromatic carbocycles. The smallest absolute Gasteiger partial charge is 0.341 e. The van der Waals surface area contributed by atoms with E-state index in [2.05, 4.69) is 38.2 Å². The lowest BCUT2D eigenvalue weighted by atomic mass is 9.85. The van der Waals surface area contributed by atoms with Gasteiger partial charge in [0.05, 0.1) is 12.2 Å². The number of hydrogen-bond donors (Lipinski definition) is 1. The molecule has 170 valence electrons. The van der Waals surface area contributed by atoms with Crippen molar-refractivity contribution in [1.29, 1.82) is 0 Å². The Hall–Kier alpha value is -2.93. The molecule has 0 aliphatic rings. The van der Waals surface area contributed by atoms with E-state index < -0.39 is 5.97 Å². The number of aromatic nitrogens is 1. The third-order valence-corrected chi connectivity index (χ3v) is 6.30. The largest absolute Gasteiger partial charge is 0.462 e. The van der Waals surface area contributed by atoms with Crippen LogP contribution in [0.3, 0.4) is 0 Å². The maximum atomic E-state index is 13.3. The first-order valence-electron chi connectivity index (χ1n) is 10.7. The fraction of sp³-hybridized carbons (Fsp3) is 0.400. The summed E-state index contributed by atoms with van der Waals surface area (Å²) < 4.78 is 10.6. The van der Waals surface area contributed by atoms with Crippen LogP contribution in [0.1, 0.15) is 78.3 Å². The number of carbonyl (C=O) groups is 2. The number of ether oxygens (including phenoxy) is 1. The van der Waals surface area contributed by atoms with Gasteiger partial charge in [-0.25, -0.2) is 4.79 Å². The predicted molar refractivity (Wildman–Crippen MR) is 127 cm³/mol. The lowest BCUT2D eigenvalue weighted by Gasteiger charge is -2.22. The quantitative estimate of drug-likeness (QED) is 0.403. The number of rotatable bonds is 7. The maximum Gasteiger partial charge on any atom is 0.341 e. The van der Waals surface area contributed by atoms with E-state index in [-0.39, 0.29) is 23.8 Å². The average molecular weight is 455 g/mol. The molecule has 1 amide bonds. The molecular weight excluding hydrogens is 424 g/mol. The van der Waals surface area contributed by atoms with Crippen LogP contribution < -0.4 is 5.32 Å². The molecule has 6 nitrogen and oxygen atoms in total. The van der Waals surface area contributed by atoms with Crippen molar-refractivity contribution in [3.8, 4) is 11.3 Å². The summed E-state index contributed by atoms with van der Waals surface area (Å²) >= 11 is 1.41. The van der Waals surface area contributed by atoms with E-state index in [1.807, 2.05) is 36.4 Å². The van der Waals surface area contributed by atoms with Crippen molar-refractivity contribution >= 4 is 28.2 Å². The van der Waals surface area contributed by atoms with Gasteiger partial charge in [0.1, 0.15) is 22.0 Å². The standard InChI is InChI=1S/C25H30N2O4S/c1-7-30-24(29)18-13-19(15(2)14-25(4,5)6)32-23(18)26-22(28)20-16(3)31-27-21(20)17-11-9-8-10-12-17/h8-13,15H,7,14H2,1-6H3,(H,26,28)/t15-/m0/s1. The maximum absolute atomic E-state index is 13.3. The number of amides is 1. The van der Waals surface area contributed by atoms with Crippen molar-refractivity contribution in [2.75, 3.05) is 11.9 Å². The minimum atomic E-state index is -0.446. The fourth-order valence-electron chi connectivity index (χ4n) is 3.72. The fourth-order valence-corrected chi connectivity index (χ4v) is 4.82. The normalized spacial score (nSPS) is 12.4. The number of carbonyl (C=O) groups excluding carboxylic acids is 2. The number of anilines is 1. The van der Waals surface area contributed by atoms with Crippen molar-refractivity contribution in [2.45, 2.75) is 53.9 Å². The Bertz CT molecular complexity index is 1090. The number of hydrogen-bond acceptors (Lipinski definition) is 6. The van der Waals surface area contributed by atoms with E-state index in [4.69, 9.17) is 9.26 Å². The van der Waals surface area contributed by atoms with Gasteiger partial charge in [-0.1, -0.05) is 63.2 Å². The number of esters is 1. The molecule has 7 heteroatoms. The first-order chi connectivity index (χ1) is 15.1. The zero-order valence-electron chi connectivity index (χ0n) is 19.4. The van der Waals surface area contributed by atoms with Crippen LogP contribution in [0.4, 0.5) is 5.00 Å². The summed E-state index contributed by atoms with van der Waals surface area (Å²) in [6, 6.07) is 11.2. The molecule has 0 radical (unpaired) electrons. The van der Waals surface area contributed by atoms with Crippen molar-refractivity contribution in [3.63, 3.8) is 0 Å². The highest BCUT2D eigenvalue weighted by atomic mass is 32.1. The second kappa shape index (κ2) is 9.69. The van der Waals surface area contributed by atoms with Crippen molar-refractivity contribution in [2.24, 2.45) is 5.41 Å². The minimum absolute atomic E-state index is 0.140. The molecule has 2 aromatic heterocycles. The van der Waals surface area contributed by atoms with Gasteiger partial charge >= 0.3 is 5.97 Å². The van der Waals surface area contributed by atoms with Crippen molar-refractivity contribution in [3.05, 3.63) is 58.2 Å². The molecule has 1 atom stereocenters. The summed E-state index contributed by atoms with van der Waals surface area (Å²) in [5, 5.41) is 7.48. The molecule has 0 aliphatic heterocycles. The van der Waals surface area contributed by atoms with Crippen LogP contribution in [0.2, 0.25) is 0 Å². The van der Waals surface area contributed by atoms with E-state index in [1.165, 1.54) is 11.3 Å². The van der Waals surface area contributed by atoms with Gasteiger partial charge in [-0.15, -0.1) is 11.3 Å². The van der Waals surface area contributed by atoms with Gasteiger partial charge in [0, 0.05) is 10.4 Å². The molecule has 3 aromatic rings. The Kier molecular flexibility index (Phi) is 7.19. The highest BCUT2D eigenvalue weighted by Gasteiger charge is 2.27. The number of benzene rings is 1. The van der Waals surface area contributed by atoms with Crippen LogP contribution in [0.15, 0.2) is 40.9 Å². The molecule has 1 N–H and O–H groups in total. The van der Waals surface area contributed by atoms with Crippen molar-refractivity contribution < 1.29 is 18.8 Å².